The molecule has 1 saturated heterocycles. The first-order chi connectivity index (χ1) is 29.7. The molecule has 0 spiro atoms. The second kappa shape index (κ2) is 16.7. The van der Waals surface area contributed by atoms with E-state index in [1.165, 1.54) is 39.8 Å². The predicted molar refractivity (Wildman–Crippen MR) is 219 cm³/mol. The maximum absolute atomic E-state index is 15.5. The molecule has 3 fully saturated rings. The molecule has 2 bridgehead atoms. The first-order valence-electron chi connectivity index (χ1n) is 20.6. The van der Waals surface area contributed by atoms with Crippen molar-refractivity contribution in [2.24, 2.45) is 16.7 Å². The average molecular weight is 876 g/mol. The van der Waals surface area contributed by atoms with Crippen molar-refractivity contribution < 1.29 is 72.9 Å². The topological polar surface area (TPSA) is 242 Å². The van der Waals surface area contributed by atoms with Crippen molar-refractivity contribution in [3.05, 3.63) is 119 Å². The summed E-state index contributed by atoms with van der Waals surface area (Å²) >= 11 is 0. The number of esters is 4. The number of carbonyl (C=O) groups is 6. The maximum atomic E-state index is 15.5. The van der Waals surface area contributed by atoms with Crippen LogP contribution in [0, 0.1) is 16.7 Å². The van der Waals surface area contributed by atoms with Gasteiger partial charge in [0.15, 0.2) is 23.6 Å². The van der Waals surface area contributed by atoms with Crippen molar-refractivity contribution in [2.45, 2.75) is 108 Å². The normalized spacial score (nSPS) is 32.7. The van der Waals surface area contributed by atoms with Crippen LogP contribution in [0.1, 0.15) is 80.3 Å². The van der Waals surface area contributed by atoms with Crippen LogP contribution in [0.5, 0.6) is 0 Å². The molecule has 16 heteroatoms. The largest absolute Gasteiger partial charge is 0.456 e. The van der Waals surface area contributed by atoms with Crippen LogP contribution < -0.4 is 5.32 Å². The Morgan fingerprint density at radius 2 is 1.38 bits per heavy atom. The quantitative estimate of drug-likeness (QED) is 0.112. The van der Waals surface area contributed by atoms with E-state index in [0.717, 1.165) is 13.8 Å². The van der Waals surface area contributed by atoms with E-state index in [-0.39, 0.29) is 22.3 Å². The monoisotopic (exact) mass is 875 g/mol. The zero-order valence-corrected chi connectivity index (χ0v) is 35.6. The molecule has 3 aromatic carbocycles. The van der Waals surface area contributed by atoms with Crippen molar-refractivity contribution in [3.63, 3.8) is 0 Å². The van der Waals surface area contributed by atoms with Crippen LogP contribution in [0.3, 0.4) is 0 Å². The number of hydrogen-bond donors (Lipinski definition) is 5. The molecule has 2 saturated carbocycles. The van der Waals surface area contributed by atoms with Crippen LogP contribution in [0.2, 0.25) is 0 Å². The van der Waals surface area contributed by atoms with Crippen LogP contribution in [0.25, 0.3) is 0 Å². The number of fused-ring (bicyclic) bond motifs is 5. The Morgan fingerprint density at radius 3 is 1.92 bits per heavy atom. The summed E-state index contributed by atoms with van der Waals surface area (Å²) in [5, 5.41) is 51.8. The maximum Gasteiger partial charge on any atom is 0.338 e. The third-order valence-corrected chi connectivity index (χ3v) is 13.5. The first kappa shape index (κ1) is 45.3. The summed E-state index contributed by atoms with van der Waals surface area (Å²) in [5.74, 6) is -7.48. The van der Waals surface area contributed by atoms with Gasteiger partial charge < -0.3 is 49.4 Å². The van der Waals surface area contributed by atoms with Gasteiger partial charge in [-0.3, -0.25) is 19.2 Å². The molecule has 7 unspecified atom stereocenters. The summed E-state index contributed by atoms with van der Waals surface area (Å²) in [5.41, 5.74) is -7.98. The summed E-state index contributed by atoms with van der Waals surface area (Å²) in [6, 6.07) is 22.6. The molecule has 1 amide bonds. The lowest BCUT2D eigenvalue weighted by atomic mass is 9.44. The molecular weight excluding hydrogens is 824 g/mol. The van der Waals surface area contributed by atoms with Gasteiger partial charge in [0.1, 0.15) is 30.0 Å². The fourth-order valence-electron chi connectivity index (χ4n) is 10.3. The summed E-state index contributed by atoms with van der Waals surface area (Å²) in [6.45, 7) is 7.39. The van der Waals surface area contributed by atoms with Gasteiger partial charge in [0.05, 0.1) is 35.6 Å². The fourth-order valence-corrected chi connectivity index (χ4v) is 10.3. The molecule has 3 aromatic rings. The van der Waals surface area contributed by atoms with Gasteiger partial charge in [-0.25, -0.2) is 9.59 Å². The van der Waals surface area contributed by atoms with E-state index in [1.807, 2.05) is 0 Å². The van der Waals surface area contributed by atoms with E-state index in [4.69, 9.17) is 23.7 Å². The zero-order valence-electron chi connectivity index (χ0n) is 35.6. The molecule has 4 aliphatic rings. The van der Waals surface area contributed by atoms with Gasteiger partial charge in [0.2, 0.25) is 0 Å². The van der Waals surface area contributed by atoms with Crippen LogP contribution in [-0.4, -0.2) is 117 Å². The Bertz CT molecular complexity index is 2320. The second-order valence-electron chi connectivity index (χ2n) is 17.5. The number of ether oxygens (including phenoxy) is 5. The van der Waals surface area contributed by atoms with Gasteiger partial charge in [-0.15, -0.1) is 0 Å². The lowest BCUT2D eigenvalue weighted by Crippen LogP contribution is -2.85. The van der Waals surface area contributed by atoms with E-state index in [9.17, 15) is 44.4 Å². The Labute approximate surface area is 363 Å². The molecule has 3 aliphatic carbocycles. The third-order valence-electron chi connectivity index (χ3n) is 13.5. The molecule has 63 heavy (non-hydrogen) atoms. The number of amides is 1. The number of ketones is 1. The lowest BCUT2D eigenvalue weighted by molar-refractivity contribution is -0.369. The van der Waals surface area contributed by atoms with Crippen molar-refractivity contribution in [1.29, 1.82) is 0 Å². The first-order valence-corrected chi connectivity index (χ1v) is 20.6. The zero-order chi connectivity index (χ0) is 45.8. The highest BCUT2D eigenvalue weighted by molar-refractivity contribution is 5.96. The highest BCUT2D eigenvalue weighted by Gasteiger charge is 2.80. The van der Waals surface area contributed by atoms with Gasteiger partial charge in [0, 0.05) is 31.2 Å². The number of carbonyl (C=O) groups excluding carboxylic acids is 6. The van der Waals surface area contributed by atoms with Crippen molar-refractivity contribution in [1.82, 2.24) is 5.32 Å². The minimum absolute atomic E-state index is 0.0180. The predicted octanol–water partition coefficient (Wildman–Crippen LogP) is 2.71. The lowest BCUT2D eigenvalue weighted by Gasteiger charge is -2.68. The van der Waals surface area contributed by atoms with Gasteiger partial charge in [-0.1, -0.05) is 80.6 Å². The van der Waals surface area contributed by atoms with E-state index < -0.39 is 125 Å². The van der Waals surface area contributed by atoms with Crippen LogP contribution >= 0.6 is 0 Å². The molecule has 7 rings (SSSR count). The summed E-state index contributed by atoms with van der Waals surface area (Å²) < 4.78 is 29.9. The molecule has 1 heterocycles. The van der Waals surface area contributed by atoms with Crippen LogP contribution in [0.4, 0.5) is 0 Å². The van der Waals surface area contributed by atoms with Gasteiger partial charge in [0.25, 0.3) is 5.91 Å². The summed E-state index contributed by atoms with van der Waals surface area (Å²) in [7, 11) is 0. The third kappa shape index (κ3) is 7.42. The number of hydrogen-bond acceptors (Lipinski definition) is 15. The van der Waals surface area contributed by atoms with Gasteiger partial charge >= 0.3 is 23.9 Å². The Kier molecular flexibility index (Phi) is 12.0. The fraction of sp³-hybridized carbons (Fsp3) is 0.447. The number of aliphatic hydroxyl groups is 4. The SMILES string of the molecule is CC(=O)OC1C(=O)C2(C)C(O)[C@H](O)[C@@H]3OC[C@@]3(OC(C)=O)C2C(OC(=O)[13c]2[13cH][13cH][13cH][13cH][13cH]2)[C@]2(O)C[C@H](OC(=O)C(O)C(NC(=O)c3ccccc3)c3ccccc3)C(C)=C1C2(C)C. The average Bonchev–Trinajstić information content (AvgIpc) is 3.24. The molecule has 5 N–H and O–H groups in total. The van der Waals surface area contributed by atoms with E-state index in [1.54, 1.807) is 78.9 Å². The Balaban J connectivity index is 1.40. The molecule has 0 radical (unpaired) electrons. The molecule has 12 atom stereocenters. The number of benzene rings is 3. The number of rotatable bonds is 10. The van der Waals surface area contributed by atoms with Crippen LogP contribution in [0.15, 0.2) is 102 Å². The molecule has 16 nitrogen and oxygen atoms in total. The number of nitrogens with one attached hydrogen (secondary N) is 1. The van der Waals surface area contributed by atoms with Crippen molar-refractivity contribution in [2.75, 3.05) is 6.61 Å². The minimum Gasteiger partial charge on any atom is -0.456 e. The van der Waals surface area contributed by atoms with Crippen molar-refractivity contribution >= 4 is 35.6 Å². The number of aliphatic hydroxyl groups excluding tert-OH is 3. The van der Waals surface area contributed by atoms with Gasteiger partial charge in [-0.2, -0.15) is 0 Å². The van der Waals surface area contributed by atoms with Gasteiger partial charge in [-0.05, 0) is 54.8 Å². The second-order valence-corrected chi connectivity index (χ2v) is 17.5. The number of Topliss-reactive ketones (excluding diaryl/α,β-unsaturated/α-hetero) is 1. The molecule has 0 aromatic heterocycles. The Hall–Kier alpha value is -5.78. The smallest absolute Gasteiger partial charge is 0.338 e. The Morgan fingerprint density at radius 1 is 0.810 bits per heavy atom. The van der Waals surface area contributed by atoms with Crippen molar-refractivity contribution in [3.8, 4) is 0 Å². The molecule has 1 aliphatic heterocycles. The van der Waals surface area contributed by atoms with E-state index >= 15 is 4.79 Å². The standard InChI is InChI=1S/C47H51NO15/c1-24-30(61-43(57)33(51)32(27-16-10-7-11-17-27)48-41(55)28-18-12-8-13-19-28)22-47(58)40(62-42(56)29-20-14-9-15-21-29)36-45(6,38(54)35(60-25(2)49)31(24)44(47,4)5)37(53)34(52)39-46(36,23-59-39)63-26(3)50/h7-21,30,32-37,39-40,51-53,58H,22-23H2,1-6H3,(H,48,55)/t30-,32?,33?,34-,35?,36?,37?,39-,40?,45?,46+,47+/m0/s1/i9+1,14+1,15+1,20+1,21+1,29+1. The van der Waals surface area contributed by atoms with E-state index in [0.29, 0.717) is 5.56 Å². The summed E-state index contributed by atoms with van der Waals surface area (Å²) in [6.07, 6.45) is -13.5. The summed E-state index contributed by atoms with van der Waals surface area (Å²) in [4.78, 5) is 83.6. The van der Waals surface area contributed by atoms with E-state index in [2.05, 4.69) is 5.32 Å². The minimum atomic E-state index is -2.48. The molecule has 334 valence electrons. The molecular formula is C47H51NO15. The highest BCUT2D eigenvalue weighted by Crippen LogP contribution is 2.64. The van der Waals surface area contributed by atoms with Crippen LogP contribution in [-0.2, 0) is 42.9 Å². The highest BCUT2D eigenvalue weighted by atomic mass is 16.6.